The number of rotatable bonds is 4. The summed E-state index contributed by atoms with van der Waals surface area (Å²) in [5.41, 5.74) is 0.944. The van der Waals surface area contributed by atoms with E-state index in [2.05, 4.69) is 22.3 Å². The van der Waals surface area contributed by atoms with Crippen LogP contribution in [-0.4, -0.2) is 42.5 Å². The molecule has 0 bridgehead atoms. The largest absolute Gasteiger partial charge is 0.416 e. The summed E-state index contributed by atoms with van der Waals surface area (Å²) in [6, 6.07) is 15.2. The highest BCUT2D eigenvalue weighted by Crippen LogP contribution is 2.32. The highest BCUT2D eigenvalue weighted by molar-refractivity contribution is 5.99. The van der Waals surface area contributed by atoms with Crippen molar-refractivity contribution < 1.29 is 18.0 Å². The van der Waals surface area contributed by atoms with Crippen molar-refractivity contribution in [1.29, 1.82) is 0 Å². The summed E-state index contributed by atoms with van der Waals surface area (Å²) < 4.78 is 38.3. The van der Waals surface area contributed by atoms with Crippen LogP contribution in [-0.2, 0) is 11.0 Å². The van der Waals surface area contributed by atoms with E-state index in [0.29, 0.717) is 24.7 Å². The molecule has 2 aromatic carbocycles. The third kappa shape index (κ3) is 4.40. The van der Waals surface area contributed by atoms with Gasteiger partial charge in [-0.1, -0.05) is 18.2 Å². The van der Waals surface area contributed by atoms with Crippen LogP contribution in [0, 0.1) is 0 Å². The molecule has 1 unspecified atom stereocenters. The van der Waals surface area contributed by atoms with E-state index < -0.39 is 11.7 Å². The van der Waals surface area contributed by atoms with Gasteiger partial charge >= 0.3 is 6.18 Å². The predicted octanol–water partition coefficient (Wildman–Crippen LogP) is 4.39. The molecule has 154 valence electrons. The number of piperidine rings is 1. The topological polar surface area (TPSA) is 35.6 Å². The standard InChI is InChI=1S/C22H24F3N3O/c23-22(24,25)16-6-8-19(9-7-16)28-15-12-20(21(28)29)27-13-10-18(11-14-27)26-17-4-2-1-3-5-17/h1-9,18,20,26H,10-15H2. The van der Waals surface area contributed by atoms with Gasteiger partial charge in [-0.2, -0.15) is 13.2 Å². The fourth-order valence-electron chi connectivity index (χ4n) is 4.22. The van der Waals surface area contributed by atoms with Crippen LogP contribution < -0.4 is 10.2 Å². The van der Waals surface area contributed by atoms with Gasteiger partial charge in [0.15, 0.2) is 0 Å². The molecule has 2 heterocycles. The average molecular weight is 403 g/mol. The molecule has 4 nitrogen and oxygen atoms in total. The van der Waals surface area contributed by atoms with Gasteiger partial charge in [0.2, 0.25) is 5.91 Å². The number of nitrogens with zero attached hydrogens (tertiary/aromatic N) is 2. The molecule has 2 fully saturated rings. The number of hydrogen-bond acceptors (Lipinski definition) is 3. The lowest BCUT2D eigenvalue weighted by Crippen LogP contribution is -2.48. The van der Waals surface area contributed by atoms with E-state index >= 15 is 0 Å². The second kappa shape index (κ2) is 8.06. The number of carbonyl (C=O) groups is 1. The molecule has 2 aromatic rings. The molecule has 2 aliphatic heterocycles. The Morgan fingerprint density at radius 3 is 2.14 bits per heavy atom. The van der Waals surface area contributed by atoms with Crippen LogP contribution in [0.15, 0.2) is 54.6 Å². The number of para-hydroxylation sites is 1. The maximum atomic E-state index is 12.9. The number of carbonyl (C=O) groups excluding carboxylic acids is 1. The minimum absolute atomic E-state index is 0.0146. The molecule has 0 saturated carbocycles. The van der Waals surface area contributed by atoms with Crippen molar-refractivity contribution in [2.75, 3.05) is 29.9 Å². The molecule has 1 amide bonds. The van der Waals surface area contributed by atoms with Crippen LogP contribution in [0.3, 0.4) is 0 Å². The van der Waals surface area contributed by atoms with Gasteiger partial charge < -0.3 is 10.2 Å². The van der Waals surface area contributed by atoms with Gasteiger partial charge in [-0.15, -0.1) is 0 Å². The van der Waals surface area contributed by atoms with Crippen LogP contribution in [0.25, 0.3) is 0 Å². The molecule has 1 N–H and O–H groups in total. The quantitative estimate of drug-likeness (QED) is 0.823. The van der Waals surface area contributed by atoms with Crippen LogP contribution in [0.2, 0.25) is 0 Å². The van der Waals surface area contributed by atoms with E-state index in [1.54, 1.807) is 4.90 Å². The smallest absolute Gasteiger partial charge is 0.382 e. The molecular weight excluding hydrogens is 379 g/mol. The first kappa shape index (κ1) is 19.8. The van der Waals surface area contributed by atoms with E-state index in [4.69, 9.17) is 0 Å². The second-order valence-electron chi connectivity index (χ2n) is 7.66. The lowest BCUT2D eigenvalue weighted by Gasteiger charge is -2.35. The summed E-state index contributed by atoms with van der Waals surface area (Å²) in [5.74, 6) is -0.0146. The molecule has 0 radical (unpaired) electrons. The van der Waals surface area contributed by atoms with Crippen LogP contribution in [0.1, 0.15) is 24.8 Å². The van der Waals surface area contributed by atoms with Gasteiger partial charge in [0.1, 0.15) is 0 Å². The third-order valence-corrected chi connectivity index (χ3v) is 5.80. The summed E-state index contributed by atoms with van der Waals surface area (Å²) in [6.07, 6.45) is -1.75. The van der Waals surface area contributed by atoms with E-state index in [1.807, 2.05) is 18.2 Å². The molecule has 29 heavy (non-hydrogen) atoms. The summed E-state index contributed by atoms with van der Waals surface area (Å²) in [7, 11) is 0. The van der Waals surface area contributed by atoms with E-state index in [9.17, 15) is 18.0 Å². The lowest BCUT2D eigenvalue weighted by atomic mass is 10.0. The zero-order valence-electron chi connectivity index (χ0n) is 16.0. The Hall–Kier alpha value is -2.54. The number of alkyl halides is 3. The van der Waals surface area contributed by atoms with Crippen molar-refractivity contribution in [2.45, 2.75) is 37.5 Å². The van der Waals surface area contributed by atoms with Crippen molar-refractivity contribution in [3.05, 3.63) is 60.2 Å². The van der Waals surface area contributed by atoms with E-state index in [1.165, 1.54) is 12.1 Å². The molecule has 0 spiro atoms. The zero-order chi connectivity index (χ0) is 20.4. The lowest BCUT2D eigenvalue weighted by molar-refractivity contribution is -0.137. The Bertz CT molecular complexity index is 831. The SMILES string of the molecule is O=C1C(N2CCC(Nc3ccccc3)CC2)CCN1c1ccc(C(F)(F)F)cc1. The number of nitrogens with one attached hydrogen (secondary N) is 1. The van der Waals surface area contributed by atoms with Gasteiger partial charge in [-0.25, -0.2) is 0 Å². The second-order valence-corrected chi connectivity index (χ2v) is 7.66. The monoisotopic (exact) mass is 403 g/mol. The van der Waals surface area contributed by atoms with Crippen LogP contribution in [0.5, 0.6) is 0 Å². The normalized spacial score (nSPS) is 21.6. The highest BCUT2D eigenvalue weighted by atomic mass is 19.4. The summed E-state index contributed by atoms with van der Waals surface area (Å²) in [6.45, 7) is 2.21. The van der Waals surface area contributed by atoms with Crippen molar-refractivity contribution >= 4 is 17.3 Å². The Kier molecular flexibility index (Phi) is 5.50. The number of benzene rings is 2. The van der Waals surface area contributed by atoms with Crippen molar-refractivity contribution in [3.8, 4) is 0 Å². The Labute approximate surface area is 168 Å². The number of halogens is 3. The molecule has 1 atom stereocenters. The first-order valence-electron chi connectivity index (χ1n) is 9.96. The van der Waals surface area contributed by atoms with Crippen LogP contribution >= 0.6 is 0 Å². The van der Waals surface area contributed by atoms with E-state index in [-0.39, 0.29) is 11.9 Å². The fraction of sp³-hybridized carbons (Fsp3) is 0.409. The van der Waals surface area contributed by atoms with Crippen molar-refractivity contribution in [1.82, 2.24) is 4.90 Å². The molecule has 2 aliphatic rings. The highest BCUT2D eigenvalue weighted by Gasteiger charge is 2.38. The maximum Gasteiger partial charge on any atom is 0.416 e. The predicted molar refractivity (Wildman–Crippen MR) is 107 cm³/mol. The zero-order valence-corrected chi connectivity index (χ0v) is 16.0. The minimum atomic E-state index is -4.37. The number of hydrogen-bond donors (Lipinski definition) is 1. The van der Waals surface area contributed by atoms with Gasteiger partial charge in [-0.05, 0) is 55.7 Å². The molecule has 7 heteroatoms. The fourth-order valence-corrected chi connectivity index (χ4v) is 4.22. The number of amides is 1. The first-order chi connectivity index (χ1) is 13.9. The summed E-state index contributed by atoms with van der Waals surface area (Å²) in [4.78, 5) is 16.7. The van der Waals surface area contributed by atoms with Gasteiger partial charge in [0.25, 0.3) is 0 Å². The summed E-state index contributed by atoms with van der Waals surface area (Å²) >= 11 is 0. The Balaban J connectivity index is 1.34. The summed E-state index contributed by atoms with van der Waals surface area (Å²) in [5, 5.41) is 3.54. The maximum absolute atomic E-state index is 12.9. The third-order valence-electron chi connectivity index (χ3n) is 5.80. The Morgan fingerprint density at radius 1 is 0.862 bits per heavy atom. The average Bonchev–Trinajstić information content (AvgIpc) is 3.10. The first-order valence-corrected chi connectivity index (χ1v) is 9.96. The van der Waals surface area contributed by atoms with Crippen molar-refractivity contribution in [3.63, 3.8) is 0 Å². The van der Waals surface area contributed by atoms with Gasteiger partial charge in [-0.3, -0.25) is 9.69 Å². The van der Waals surface area contributed by atoms with Crippen LogP contribution in [0.4, 0.5) is 24.5 Å². The molecule has 2 saturated heterocycles. The number of likely N-dealkylation sites (tertiary alicyclic amines) is 1. The van der Waals surface area contributed by atoms with Gasteiger partial charge in [0, 0.05) is 37.1 Å². The molecular formula is C22H24F3N3O. The van der Waals surface area contributed by atoms with Gasteiger partial charge in [0.05, 0.1) is 11.6 Å². The molecule has 4 rings (SSSR count). The van der Waals surface area contributed by atoms with Crippen molar-refractivity contribution in [2.24, 2.45) is 0 Å². The Morgan fingerprint density at radius 2 is 1.52 bits per heavy atom. The molecule has 0 aromatic heterocycles. The van der Waals surface area contributed by atoms with E-state index in [0.717, 1.165) is 43.8 Å². The minimum Gasteiger partial charge on any atom is -0.382 e. The number of anilines is 2. The molecule has 0 aliphatic carbocycles.